The van der Waals surface area contributed by atoms with Crippen LogP contribution in [-0.2, 0) is 9.59 Å². The summed E-state index contributed by atoms with van der Waals surface area (Å²) in [5.74, 6) is 0.155. The fourth-order valence-corrected chi connectivity index (χ4v) is 7.02. The van der Waals surface area contributed by atoms with Gasteiger partial charge in [-0.1, -0.05) is 90.9 Å². The van der Waals surface area contributed by atoms with E-state index in [2.05, 4.69) is 34.4 Å². The van der Waals surface area contributed by atoms with Crippen LogP contribution in [0.25, 0.3) is 0 Å². The van der Waals surface area contributed by atoms with Gasteiger partial charge in [0.15, 0.2) is 0 Å². The topological polar surface area (TPSA) is 58.2 Å². The molecule has 2 amide bonds. The van der Waals surface area contributed by atoms with Crippen LogP contribution in [0.5, 0.6) is 0 Å². The zero-order valence-corrected chi connectivity index (χ0v) is 28.9. The maximum atomic E-state index is 12.5. The Bertz CT molecular complexity index is 674. The van der Waals surface area contributed by atoms with Gasteiger partial charge < -0.3 is 0 Å². The molecule has 0 aromatic carbocycles. The summed E-state index contributed by atoms with van der Waals surface area (Å²) in [7, 11) is 0. The van der Waals surface area contributed by atoms with Gasteiger partial charge in [0.2, 0.25) is 0 Å². The first-order valence-corrected chi connectivity index (χ1v) is 19.8. The molecule has 0 spiro atoms. The second-order valence-electron chi connectivity index (χ2n) is 12.3. The third kappa shape index (κ3) is 24.1. The van der Waals surface area contributed by atoms with E-state index in [0.717, 1.165) is 37.1 Å². The summed E-state index contributed by atoms with van der Waals surface area (Å²) >= 11 is 0.205. The van der Waals surface area contributed by atoms with Crippen LogP contribution in [0.15, 0.2) is 9.88 Å². The third-order valence-electron chi connectivity index (χ3n) is 8.22. The molecule has 238 valence electrons. The van der Waals surface area contributed by atoms with E-state index in [1.807, 2.05) is 0 Å². The molecule has 0 bridgehead atoms. The van der Waals surface area contributed by atoms with Gasteiger partial charge in [0.1, 0.15) is 0 Å². The Morgan fingerprint density at radius 2 is 0.683 bits per heavy atom. The summed E-state index contributed by atoms with van der Waals surface area (Å²) < 4.78 is 0. The van der Waals surface area contributed by atoms with E-state index in [9.17, 15) is 9.59 Å². The first kappa shape index (κ1) is 38.0. The van der Waals surface area contributed by atoms with Gasteiger partial charge in [-0.05, 0) is 0 Å². The van der Waals surface area contributed by atoms with E-state index in [-0.39, 0.29) is 26.3 Å². The SMILES string of the molecule is CCCCCCCCCCCCCCCC(=O)Nc1c[se]cc1NC(=O)CCCCCCCCCCCCCCC. The fraction of sp³-hybridized carbons (Fsp3) is 0.833. The van der Waals surface area contributed by atoms with Crippen molar-refractivity contribution in [2.24, 2.45) is 0 Å². The first-order valence-electron chi connectivity index (χ1n) is 17.8. The minimum Gasteiger partial charge on any atom is -0.0654 e. The van der Waals surface area contributed by atoms with Gasteiger partial charge in [-0.3, -0.25) is 0 Å². The van der Waals surface area contributed by atoms with Crippen molar-refractivity contribution in [1.29, 1.82) is 0 Å². The van der Waals surface area contributed by atoms with Crippen molar-refractivity contribution >= 4 is 37.7 Å². The number of carbonyl (C=O) groups is 2. The summed E-state index contributed by atoms with van der Waals surface area (Å²) in [5.41, 5.74) is 1.62. The zero-order valence-electron chi connectivity index (χ0n) is 27.2. The van der Waals surface area contributed by atoms with Gasteiger partial charge in [0.05, 0.1) is 0 Å². The van der Waals surface area contributed by atoms with E-state index in [4.69, 9.17) is 0 Å². The van der Waals surface area contributed by atoms with Gasteiger partial charge in [-0.25, -0.2) is 0 Å². The fourth-order valence-electron chi connectivity index (χ4n) is 5.52. The second-order valence-corrected chi connectivity index (χ2v) is 13.8. The molecule has 0 atom stereocenters. The molecule has 5 heteroatoms. The van der Waals surface area contributed by atoms with E-state index >= 15 is 0 Å². The van der Waals surface area contributed by atoms with Crippen molar-refractivity contribution in [3.63, 3.8) is 0 Å². The summed E-state index contributed by atoms with van der Waals surface area (Å²) in [6.07, 6.45) is 35.2. The molecule has 4 nitrogen and oxygen atoms in total. The monoisotopic (exact) mass is 638 g/mol. The molecule has 0 aliphatic heterocycles. The number of rotatable bonds is 30. The predicted octanol–water partition coefficient (Wildman–Crippen LogP) is 11.6. The van der Waals surface area contributed by atoms with Crippen LogP contribution in [0.2, 0.25) is 0 Å². The maximum absolute atomic E-state index is 12.5. The van der Waals surface area contributed by atoms with Crippen LogP contribution in [0.1, 0.15) is 194 Å². The van der Waals surface area contributed by atoms with E-state index in [1.165, 1.54) is 141 Å². The first-order chi connectivity index (χ1) is 20.2. The number of amides is 2. The third-order valence-corrected chi connectivity index (χ3v) is 9.78. The van der Waals surface area contributed by atoms with Crippen LogP contribution in [-0.4, -0.2) is 26.3 Å². The molecular formula is C36H66N2O2Se. The van der Waals surface area contributed by atoms with Crippen LogP contribution in [0.3, 0.4) is 0 Å². The van der Waals surface area contributed by atoms with Gasteiger partial charge in [0, 0.05) is 0 Å². The number of unbranched alkanes of at least 4 members (excludes halogenated alkanes) is 24. The summed E-state index contributed by atoms with van der Waals surface area (Å²) in [6, 6.07) is 0. The van der Waals surface area contributed by atoms with Crippen LogP contribution >= 0.6 is 0 Å². The minimum atomic E-state index is 0.0775. The molecule has 41 heavy (non-hydrogen) atoms. The minimum absolute atomic E-state index is 0.0775. The summed E-state index contributed by atoms with van der Waals surface area (Å²) in [4.78, 5) is 29.0. The molecule has 1 aromatic rings. The average molecular weight is 638 g/mol. The quantitative estimate of drug-likeness (QED) is 0.0651. The number of hydrogen-bond acceptors (Lipinski definition) is 2. The van der Waals surface area contributed by atoms with Gasteiger partial charge in [-0.15, -0.1) is 0 Å². The Balaban J connectivity index is 1.98. The molecule has 2 N–H and O–H groups in total. The number of carbonyl (C=O) groups excluding carboxylic acids is 2. The van der Waals surface area contributed by atoms with Crippen molar-refractivity contribution in [2.75, 3.05) is 10.6 Å². The Hall–Kier alpha value is -1.06. The normalized spacial score (nSPS) is 11.2. The Kier molecular flexibility index (Phi) is 26.9. The molecule has 0 aliphatic carbocycles. The molecule has 1 heterocycles. The van der Waals surface area contributed by atoms with Crippen molar-refractivity contribution < 1.29 is 9.59 Å². The van der Waals surface area contributed by atoms with Crippen molar-refractivity contribution in [2.45, 2.75) is 194 Å². The van der Waals surface area contributed by atoms with E-state index in [0.29, 0.717) is 12.8 Å². The van der Waals surface area contributed by atoms with Crippen molar-refractivity contribution in [3.8, 4) is 0 Å². The van der Waals surface area contributed by atoms with Gasteiger partial charge >= 0.3 is 171 Å². The van der Waals surface area contributed by atoms with Crippen molar-refractivity contribution in [1.82, 2.24) is 0 Å². The summed E-state index contributed by atoms with van der Waals surface area (Å²) in [6.45, 7) is 4.55. The number of hydrogen-bond donors (Lipinski definition) is 2. The van der Waals surface area contributed by atoms with Gasteiger partial charge in [-0.2, -0.15) is 0 Å². The second kappa shape index (κ2) is 29.0. The van der Waals surface area contributed by atoms with E-state index in [1.54, 1.807) is 0 Å². The molecule has 0 saturated heterocycles. The molecule has 0 unspecified atom stereocenters. The Labute approximate surface area is 260 Å². The van der Waals surface area contributed by atoms with Crippen LogP contribution in [0, 0.1) is 0 Å². The Morgan fingerprint density at radius 3 is 0.951 bits per heavy atom. The summed E-state index contributed by atoms with van der Waals surface area (Å²) in [5, 5.41) is 6.10. The smallest absolute Gasteiger partial charge is 0.0654 e. The number of nitrogens with one attached hydrogen (secondary N) is 2. The van der Waals surface area contributed by atoms with Gasteiger partial charge in [0.25, 0.3) is 0 Å². The molecular weight excluding hydrogens is 571 g/mol. The molecule has 1 aromatic heterocycles. The zero-order chi connectivity index (χ0) is 29.6. The molecule has 0 radical (unpaired) electrons. The average Bonchev–Trinajstić information content (AvgIpc) is 3.39. The number of anilines is 2. The standard InChI is InChI=1S/C36H66N2O2Se/c1-3-5-7-9-11-13-15-17-19-21-23-25-27-29-35(39)37-33-31-41-32-34(33)38-36(40)30-28-26-24-22-20-18-16-14-12-10-8-6-4-2/h31-32H,3-30H2,1-2H3,(H,37,39)(H,38,40). The Morgan fingerprint density at radius 1 is 0.439 bits per heavy atom. The van der Waals surface area contributed by atoms with Crippen LogP contribution in [0.4, 0.5) is 11.4 Å². The molecule has 0 saturated carbocycles. The predicted molar refractivity (Wildman–Crippen MR) is 181 cm³/mol. The van der Waals surface area contributed by atoms with Crippen LogP contribution < -0.4 is 10.6 Å². The molecule has 0 fully saturated rings. The van der Waals surface area contributed by atoms with E-state index < -0.39 is 0 Å². The molecule has 0 aliphatic rings. The molecule has 1 rings (SSSR count). The van der Waals surface area contributed by atoms with Crippen molar-refractivity contribution in [3.05, 3.63) is 9.88 Å².